The average molecular weight is 277 g/mol. The number of carbonyl (C=O) groups is 2. The van der Waals surface area contributed by atoms with Crippen LogP contribution >= 0.6 is 0 Å². The van der Waals surface area contributed by atoms with Crippen LogP contribution in [0.4, 0.5) is 5.69 Å². The molecule has 1 aliphatic heterocycles. The van der Waals surface area contributed by atoms with E-state index in [9.17, 15) is 9.59 Å². The van der Waals surface area contributed by atoms with Crippen LogP contribution in [0.15, 0.2) is 18.3 Å². The normalized spacial score (nSPS) is 18.5. The predicted molar refractivity (Wildman–Crippen MR) is 74.7 cm³/mol. The first-order chi connectivity index (χ1) is 9.65. The fraction of sp³-hybridized carbons (Fsp3) is 0.500. The van der Waals surface area contributed by atoms with E-state index in [1.54, 1.807) is 6.07 Å². The third-order valence-electron chi connectivity index (χ3n) is 3.44. The molecule has 6 heteroatoms. The highest BCUT2D eigenvalue weighted by Gasteiger charge is 2.14. The van der Waals surface area contributed by atoms with Crippen molar-refractivity contribution in [2.24, 2.45) is 5.92 Å². The fourth-order valence-corrected chi connectivity index (χ4v) is 2.32. The molecule has 108 valence electrons. The number of amides is 1. The van der Waals surface area contributed by atoms with E-state index >= 15 is 0 Å². The number of rotatable bonds is 5. The van der Waals surface area contributed by atoms with Crippen LogP contribution in [-0.2, 0) is 4.79 Å². The number of nitrogens with zero attached hydrogens (tertiary/aromatic N) is 1. The highest BCUT2D eigenvalue weighted by Crippen LogP contribution is 2.16. The van der Waals surface area contributed by atoms with E-state index in [-0.39, 0.29) is 11.6 Å². The Balaban J connectivity index is 1.77. The van der Waals surface area contributed by atoms with Gasteiger partial charge >= 0.3 is 5.97 Å². The third kappa shape index (κ3) is 4.31. The molecule has 0 aromatic carbocycles. The lowest BCUT2D eigenvalue weighted by Gasteiger charge is -2.22. The van der Waals surface area contributed by atoms with E-state index < -0.39 is 5.97 Å². The summed E-state index contributed by atoms with van der Waals surface area (Å²) >= 11 is 0. The Kier molecular flexibility index (Phi) is 5.06. The Morgan fingerprint density at radius 2 is 2.30 bits per heavy atom. The smallest absolute Gasteiger partial charge is 0.354 e. The molecule has 2 rings (SSSR count). The van der Waals surface area contributed by atoms with E-state index in [0.717, 1.165) is 19.5 Å². The van der Waals surface area contributed by atoms with Gasteiger partial charge in [0.2, 0.25) is 5.91 Å². The average Bonchev–Trinajstić information content (AvgIpc) is 2.47. The molecule has 1 atom stereocenters. The first kappa shape index (κ1) is 14.5. The lowest BCUT2D eigenvalue weighted by molar-refractivity contribution is -0.116. The summed E-state index contributed by atoms with van der Waals surface area (Å²) in [6, 6.07) is 2.93. The number of nitrogens with one attached hydrogen (secondary N) is 2. The number of hydrogen-bond donors (Lipinski definition) is 3. The standard InChI is InChI=1S/C14H19N3O3/c18-13(6-3-10-2-1-7-15-8-10)17-11-4-5-12(14(19)20)16-9-11/h4-5,9-10,15H,1-3,6-8H2,(H,17,18)(H,19,20). The molecule has 0 radical (unpaired) electrons. The summed E-state index contributed by atoms with van der Waals surface area (Å²) in [5.41, 5.74) is 0.498. The first-order valence-corrected chi connectivity index (χ1v) is 6.85. The molecule has 0 aliphatic carbocycles. The number of carboxylic acids is 1. The molecule has 1 fully saturated rings. The summed E-state index contributed by atoms with van der Waals surface area (Å²) in [4.78, 5) is 26.2. The quantitative estimate of drug-likeness (QED) is 0.758. The Morgan fingerprint density at radius 3 is 2.90 bits per heavy atom. The van der Waals surface area contributed by atoms with Crippen LogP contribution in [0.1, 0.15) is 36.2 Å². The lowest BCUT2D eigenvalue weighted by atomic mass is 9.94. The molecule has 1 saturated heterocycles. The molecule has 1 unspecified atom stereocenters. The van der Waals surface area contributed by atoms with Crippen LogP contribution in [0.5, 0.6) is 0 Å². The monoisotopic (exact) mass is 277 g/mol. The summed E-state index contributed by atoms with van der Waals surface area (Å²) in [7, 11) is 0. The summed E-state index contributed by atoms with van der Waals surface area (Å²) in [5, 5.41) is 14.8. The molecule has 6 nitrogen and oxygen atoms in total. The minimum absolute atomic E-state index is 0.0312. The Hall–Kier alpha value is -1.95. The molecular formula is C14H19N3O3. The van der Waals surface area contributed by atoms with Gasteiger partial charge in [-0.1, -0.05) is 0 Å². The minimum atomic E-state index is -1.08. The van der Waals surface area contributed by atoms with Gasteiger partial charge in [-0.2, -0.15) is 0 Å². The van der Waals surface area contributed by atoms with Crippen molar-refractivity contribution in [3.05, 3.63) is 24.0 Å². The Bertz CT molecular complexity index is 467. The van der Waals surface area contributed by atoms with Gasteiger partial charge in [0.1, 0.15) is 5.69 Å². The highest BCUT2D eigenvalue weighted by atomic mass is 16.4. The van der Waals surface area contributed by atoms with E-state index in [1.165, 1.54) is 25.1 Å². The van der Waals surface area contributed by atoms with Crippen molar-refractivity contribution in [3.63, 3.8) is 0 Å². The number of hydrogen-bond acceptors (Lipinski definition) is 4. The van der Waals surface area contributed by atoms with E-state index in [0.29, 0.717) is 18.0 Å². The minimum Gasteiger partial charge on any atom is -0.477 e. The topological polar surface area (TPSA) is 91.3 Å². The van der Waals surface area contributed by atoms with Crippen LogP contribution in [0.25, 0.3) is 0 Å². The number of pyridine rings is 1. The van der Waals surface area contributed by atoms with Crippen LogP contribution < -0.4 is 10.6 Å². The number of aromatic carboxylic acids is 1. The fourth-order valence-electron chi connectivity index (χ4n) is 2.32. The van der Waals surface area contributed by atoms with Gasteiger partial charge in [-0.3, -0.25) is 4.79 Å². The summed E-state index contributed by atoms with van der Waals surface area (Å²) in [5.74, 6) is -0.560. The van der Waals surface area contributed by atoms with Gasteiger partial charge in [-0.15, -0.1) is 0 Å². The third-order valence-corrected chi connectivity index (χ3v) is 3.44. The maximum atomic E-state index is 11.8. The zero-order valence-electron chi connectivity index (χ0n) is 11.3. The van der Waals surface area contributed by atoms with Gasteiger partial charge in [-0.05, 0) is 50.4 Å². The number of piperidine rings is 1. The van der Waals surface area contributed by atoms with Gasteiger partial charge in [0.05, 0.1) is 11.9 Å². The Labute approximate surface area is 117 Å². The molecule has 0 saturated carbocycles. The first-order valence-electron chi connectivity index (χ1n) is 6.85. The van der Waals surface area contributed by atoms with Crippen LogP contribution in [0.2, 0.25) is 0 Å². The van der Waals surface area contributed by atoms with Crippen LogP contribution in [0, 0.1) is 5.92 Å². The van der Waals surface area contributed by atoms with E-state index in [2.05, 4.69) is 15.6 Å². The van der Waals surface area contributed by atoms with Crippen LogP contribution in [0.3, 0.4) is 0 Å². The number of carboxylic acid groups (broad SMARTS) is 1. The summed E-state index contributed by atoms with van der Waals surface area (Å²) in [6.45, 7) is 2.06. The van der Waals surface area contributed by atoms with Crippen molar-refractivity contribution in [1.29, 1.82) is 0 Å². The molecule has 0 spiro atoms. The highest BCUT2D eigenvalue weighted by molar-refractivity contribution is 5.91. The van der Waals surface area contributed by atoms with Crippen molar-refractivity contribution < 1.29 is 14.7 Å². The molecule has 3 N–H and O–H groups in total. The predicted octanol–water partition coefficient (Wildman–Crippen LogP) is 1.50. The second-order valence-electron chi connectivity index (χ2n) is 5.04. The number of aromatic nitrogens is 1. The molecule has 20 heavy (non-hydrogen) atoms. The van der Waals surface area contributed by atoms with Crippen molar-refractivity contribution in [1.82, 2.24) is 10.3 Å². The van der Waals surface area contributed by atoms with Gasteiger partial charge in [0.15, 0.2) is 0 Å². The Morgan fingerprint density at radius 1 is 1.45 bits per heavy atom. The maximum absolute atomic E-state index is 11.8. The van der Waals surface area contributed by atoms with Crippen molar-refractivity contribution in [3.8, 4) is 0 Å². The molecule has 2 heterocycles. The van der Waals surface area contributed by atoms with E-state index in [1.807, 2.05) is 0 Å². The lowest BCUT2D eigenvalue weighted by Crippen LogP contribution is -2.30. The SMILES string of the molecule is O=C(CCC1CCCNC1)Nc1ccc(C(=O)O)nc1. The molecule has 1 aromatic rings. The van der Waals surface area contributed by atoms with Gasteiger partial charge in [0.25, 0.3) is 0 Å². The number of carbonyl (C=O) groups excluding carboxylic acids is 1. The van der Waals surface area contributed by atoms with Crippen LogP contribution in [-0.4, -0.2) is 35.1 Å². The molecule has 1 aliphatic rings. The molecule has 1 amide bonds. The molecular weight excluding hydrogens is 258 g/mol. The van der Waals surface area contributed by atoms with E-state index in [4.69, 9.17) is 5.11 Å². The number of anilines is 1. The second kappa shape index (κ2) is 7.00. The molecule has 0 bridgehead atoms. The summed E-state index contributed by atoms with van der Waals surface area (Å²) in [6.07, 6.45) is 5.07. The van der Waals surface area contributed by atoms with Crippen molar-refractivity contribution >= 4 is 17.6 Å². The zero-order valence-corrected chi connectivity index (χ0v) is 11.3. The molecule has 1 aromatic heterocycles. The second-order valence-corrected chi connectivity index (χ2v) is 5.04. The largest absolute Gasteiger partial charge is 0.477 e. The van der Waals surface area contributed by atoms with Gasteiger partial charge in [-0.25, -0.2) is 9.78 Å². The zero-order chi connectivity index (χ0) is 14.4. The van der Waals surface area contributed by atoms with Gasteiger partial charge < -0.3 is 15.7 Å². The van der Waals surface area contributed by atoms with Gasteiger partial charge in [0, 0.05) is 6.42 Å². The summed E-state index contributed by atoms with van der Waals surface area (Å²) < 4.78 is 0. The van der Waals surface area contributed by atoms with Crippen molar-refractivity contribution in [2.75, 3.05) is 18.4 Å². The van der Waals surface area contributed by atoms with Crippen molar-refractivity contribution in [2.45, 2.75) is 25.7 Å². The maximum Gasteiger partial charge on any atom is 0.354 e.